The van der Waals surface area contributed by atoms with Gasteiger partial charge in [0.15, 0.2) is 5.78 Å². The van der Waals surface area contributed by atoms with Crippen LogP contribution in [0.15, 0.2) is 71.6 Å². The van der Waals surface area contributed by atoms with Crippen LogP contribution in [0.5, 0.6) is 5.75 Å². The quantitative estimate of drug-likeness (QED) is 0.260. The van der Waals surface area contributed by atoms with Crippen LogP contribution in [0.4, 0.5) is 10.1 Å². The first-order valence-corrected chi connectivity index (χ1v) is 9.68. The highest BCUT2D eigenvalue weighted by atomic mass is 32.2. The summed E-state index contributed by atoms with van der Waals surface area (Å²) in [5.74, 6) is -0.848. The number of benzene rings is 3. The molecule has 0 amide bonds. The number of nitro benzene ring substituents is 1. The number of nitrogens with zero attached hydrogens (tertiary/aromatic N) is 1. The first kappa shape index (κ1) is 20.2. The van der Waals surface area contributed by atoms with Crippen LogP contribution in [0.3, 0.4) is 0 Å². The first-order valence-electron chi connectivity index (χ1n) is 8.27. The Morgan fingerprint density at radius 2 is 1.52 bits per heavy atom. The molecular formula is C20H14FNO6S. The summed E-state index contributed by atoms with van der Waals surface area (Å²) in [6.45, 7) is 1.42. The molecule has 0 fully saturated rings. The molecule has 3 aromatic carbocycles. The fraction of sp³-hybridized carbons (Fsp3) is 0.0500. The van der Waals surface area contributed by atoms with Gasteiger partial charge in [-0.1, -0.05) is 0 Å². The Kier molecular flexibility index (Phi) is 5.42. The molecule has 0 heterocycles. The summed E-state index contributed by atoms with van der Waals surface area (Å²) in [4.78, 5) is 22.4. The van der Waals surface area contributed by atoms with Gasteiger partial charge in [0.05, 0.1) is 4.92 Å². The molecule has 29 heavy (non-hydrogen) atoms. The summed E-state index contributed by atoms with van der Waals surface area (Å²) in [6, 6.07) is 13.8. The Hall–Kier alpha value is -3.59. The van der Waals surface area contributed by atoms with Crippen molar-refractivity contribution in [2.24, 2.45) is 0 Å². The molecule has 0 unspecified atom stereocenters. The molecule has 0 aliphatic carbocycles. The summed E-state index contributed by atoms with van der Waals surface area (Å²) < 4.78 is 42.8. The Bertz CT molecular complexity index is 1190. The van der Waals surface area contributed by atoms with Crippen LogP contribution in [0.25, 0.3) is 0 Å². The van der Waals surface area contributed by atoms with E-state index in [1.54, 1.807) is 0 Å². The van der Waals surface area contributed by atoms with E-state index in [2.05, 4.69) is 0 Å². The number of halogens is 1. The summed E-state index contributed by atoms with van der Waals surface area (Å²) in [5, 5.41) is 10.9. The van der Waals surface area contributed by atoms with E-state index in [-0.39, 0.29) is 38.8 Å². The molecular weight excluding hydrogens is 401 g/mol. The Labute approximate surface area is 165 Å². The van der Waals surface area contributed by atoms with Gasteiger partial charge in [0, 0.05) is 22.8 Å². The Morgan fingerprint density at radius 1 is 0.966 bits per heavy atom. The molecule has 0 N–H and O–H groups in total. The zero-order valence-corrected chi connectivity index (χ0v) is 15.9. The van der Waals surface area contributed by atoms with E-state index < -0.39 is 20.9 Å². The summed E-state index contributed by atoms with van der Waals surface area (Å²) in [6.07, 6.45) is 0. The molecule has 0 aliphatic heterocycles. The average molecular weight is 415 g/mol. The highest BCUT2D eigenvalue weighted by Gasteiger charge is 2.21. The number of carbonyl (C=O) groups is 1. The van der Waals surface area contributed by atoms with Crippen LogP contribution in [0.1, 0.15) is 21.5 Å². The van der Waals surface area contributed by atoms with Gasteiger partial charge in [0.25, 0.3) is 5.69 Å². The Morgan fingerprint density at radius 3 is 2.03 bits per heavy atom. The van der Waals surface area contributed by atoms with Crippen molar-refractivity contribution in [3.05, 3.63) is 99.4 Å². The van der Waals surface area contributed by atoms with Gasteiger partial charge in [-0.05, 0) is 67.6 Å². The Balaban J connectivity index is 1.80. The van der Waals surface area contributed by atoms with Crippen LogP contribution in [0, 0.1) is 22.9 Å². The second kappa shape index (κ2) is 7.80. The van der Waals surface area contributed by atoms with Gasteiger partial charge in [0.1, 0.15) is 16.5 Å². The average Bonchev–Trinajstić information content (AvgIpc) is 2.68. The van der Waals surface area contributed by atoms with Gasteiger partial charge in [-0.2, -0.15) is 8.42 Å². The zero-order valence-electron chi connectivity index (χ0n) is 15.0. The van der Waals surface area contributed by atoms with Crippen molar-refractivity contribution < 1.29 is 26.7 Å². The molecule has 148 valence electrons. The summed E-state index contributed by atoms with van der Waals surface area (Å²) in [5.41, 5.74) is 0.536. The largest absolute Gasteiger partial charge is 0.379 e. The molecule has 0 saturated carbocycles. The van der Waals surface area contributed by atoms with Gasteiger partial charge in [-0.15, -0.1) is 0 Å². The fourth-order valence-electron chi connectivity index (χ4n) is 2.59. The van der Waals surface area contributed by atoms with Crippen LogP contribution < -0.4 is 4.18 Å². The van der Waals surface area contributed by atoms with Crippen LogP contribution in [-0.2, 0) is 10.1 Å². The molecule has 0 bridgehead atoms. The molecule has 0 spiro atoms. The van der Waals surface area contributed by atoms with Crippen molar-refractivity contribution in [3.63, 3.8) is 0 Å². The molecule has 0 saturated heterocycles. The van der Waals surface area contributed by atoms with Gasteiger partial charge >= 0.3 is 10.1 Å². The number of hydrogen-bond acceptors (Lipinski definition) is 6. The molecule has 3 aromatic rings. The maximum Gasteiger partial charge on any atom is 0.339 e. The maximum atomic E-state index is 13.0. The van der Waals surface area contributed by atoms with Crippen molar-refractivity contribution in [3.8, 4) is 5.75 Å². The summed E-state index contributed by atoms with van der Waals surface area (Å²) in [7, 11) is -4.22. The van der Waals surface area contributed by atoms with Crippen molar-refractivity contribution in [1.82, 2.24) is 0 Å². The minimum Gasteiger partial charge on any atom is -0.379 e. The van der Waals surface area contributed by atoms with Crippen LogP contribution >= 0.6 is 0 Å². The van der Waals surface area contributed by atoms with Gasteiger partial charge in [-0.3, -0.25) is 14.9 Å². The van der Waals surface area contributed by atoms with E-state index in [9.17, 15) is 27.7 Å². The number of rotatable bonds is 6. The molecule has 3 rings (SSSR count). The minimum atomic E-state index is -4.22. The van der Waals surface area contributed by atoms with Crippen LogP contribution in [-0.4, -0.2) is 19.1 Å². The van der Waals surface area contributed by atoms with Crippen molar-refractivity contribution in [2.45, 2.75) is 11.8 Å². The highest BCUT2D eigenvalue weighted by Crippen LogP contribution is 2.25. The SMILES string of the molecule is Cc1cc(S(=O)(=O)Oc2ccc(C(=O)c3ccc(F)cc3)cc2)ccc1[N+](=O)[O-]. The summed E-state index contributed by atoms with van der Waals surface area (Å²) >= 11 is 0. The zero-order chi connectivity index (χ0) is 21.2. The third-order valence-corrected chi connectivity index (χ3v) is 5.33. The van der Waals surface area contributed by atoms with Crippen molar-refractivity contribution in [2.75, 3.05) is 0 Å². The highest BCUT2D eigenvalue weighted by molar-refractivity contribution is 7.87. The molecule has 0 radical (unpaired) electrons. The topological polar surface area (TPSA) is 104 Å². The van der Waals surface area contributed by atoms with Crippen molar-refractivity contribution in [1.29, 1.82) is 0 Å². The monoisotopic (exact) mass is 415 g/mol. The molecule has 0 aromatic heterocycles. The number of carbonyl (C=O) groups excluding carboxylic acids is 1. The predicted octanol–water partition coefficient (Wildman–Crippen LogP) is 4.04. The van der Waals surface area contributed by atoms with Gasteiger partial charge in [-0.25, -0.2) is 4.39 Å². The lowest BCUT2D eigenvalue weighted by Gasteiger charge is -2.08. The lowest BCUT2D eigenvalue weighted by molar-refractivity contribution is -0.385. The van der Waals surface area contributed by atoms with E-state index in [1.165, 1.54) is 55.5 Å². The minimum absolute atomic E-state index is 0.0309. The number of nitro groups is 1. The smallest absolute Gasteiger partial charge is 0.339 e. The van der Waals surface area contributed by atoms with Gasteiger partial charge in [0.2, 0.25) is 0 Å². The van der Waals surface area contributed by atoms with E-state index in [0.29, 0.717) is 0 Å². The number of aryl methyl sites for hydroxylation is 1. The van der Waals surface area contributed by atoms with E-state index in [0.717, 1.165) is 18.2 Å². The second-order valence-corrected chi connectivity index (χ2v) is 7.65. The normalized spacial score (nSPS) is 11.1. The first-order chi connectivity index (χ1) is 13.7. The third-order valence-electron chi connectivity index (χ3n) is 4.08. The third kappa shape index (κ3) is 4.46. The lowest BCUT2D eigenvalue weighted by Crippen LogP contribution is -2.10. The predicted molar refractivity (Wildman–Crippen MR) is 102 cm³/mol. The fourth-order valence-corrected chi connectivity index (χ4v) is 3.61. The molecule has 7 nitrogen and oxygen atoms in total. The maximum absolute atomic E-state index is 13.0. The second-order valence-electron chi connectivity index (χ2n) is 6.10. The standard InChI is InChI=1S/C20H14FNO6S/c1-13-12-18(10-11-19(13)22(24)25)29(26,27)28-17-8-4-15(5-9-17)20(23)14-2-6-16(21)7-3-14/h2-12H,1H3. The van der Waals surface area contributed by atoms with E-state index in [4.69, 9.17) is 4.18 Å². The molecule has 0 atom stereocenters. The van der Waals surface area contributed by atoms with Gasteiger partial charge < -0.3 is 4.18 Å². The lowest BCUT2D eigenvalue weighted by atomic mass is 10.0. The van der Waals surface area contributed by atoms with Crippen LogP contribution in [0.2, 0.25) is 0 Å². The van der Waals surface area contributed by atoms with Crippen molar-refractivity contribution >= 4 is 21.6 Å². The van der Waals surface area contributed by atoms with E-state index in [1.807, 2.05) is 0 Å². The number of hydrogen-bond donors (Lipinski definition) is 0. The molecule has 9 heteroatoms. The molecule has 0 aliphatic rings. The number of ketones is 1. The van der Waals surface area contributed by atoms with E-state index >= 15 is 0 Å².